The van der Waals surface area contributed by atoms with Crippen molar-refractivity contribution in [3.05, 3.63) is 54.2 Å². The molecule has 26 heavy (non-hydrogen) atoms. The smallest absolute Gasteiger partial charge is 0.336 e. The summed E-state index contributed by atoms with van der Waals surface area (Å²) < 4.78 is 9.56. The molecule has 2 aromatic carbocycles. The van der Waals surface area contributed by atoms with Gasteiger partial charge in [-0.1, -0.05) is 18.2 Å². The summed E-state index contributed by atoms with van der Waals surface area (Å²) in [4.78, 5) is 12.0. The van der Waals surface area contributed by atoms with E-state index in [2.05, 4.69) is 65.2 Å². The highest BCUT2D eigenvalue weighted by Gasteiger charge is 2.22. The van der Waals surface area contributed by atoms with Crippen LogP contribution in [0.3, 0.4) is 0 Å². The van der Waals surface area contributed by atoms with Crippen molar-refractivity contribution in [1.29, 1.82) is 0 Å². The largest absolute Gasteiger partial charge is 0.463 e. The molecule has 0 bridgehead atoms. The summed E-state index contributed by atoms with van der Waals surface area (Å²) in [6.45, 7) is 6.66. The van der Waals surface area contributed by atoms with Crippen molar-refractivity contribution in [2.75, 3.05) is 16.7 Å². The lowest BCUT2D eigenvalue weighted by Gasteiger charge is -2.15. The van der Waals surface area contributed by atoms with Crippen LogP contribution in [-0.4, -0.2) is 22.9 Å². The number of para-hydroxylation sites is 1. The zero-order valence-electron chi connectivity index (χ0n) is 15.2. The van der Waals surface area contributed by atoms with Gasteiger partial charge in [-0.3, -0.25) is 4.31 Å². The summed E-state index contributed by atoms with van der Waals surface area (Å²) in [7, 11) is 0. The van der Waals surface area contributed by atoms with E-state index in [4.69, 9.17) is 4.74 Å². The molecule has 0 saturated heterocycles. The molecule has 1 aliphatic rings. The minimum atomic E-state index is -0.222. The van der Waals surface area contributed by atoms with Gasteiger partial charge in [0.2, 0.25) is 0 Å². The fourth-order valence-corrected chi connectivity index (χ4v) is 4.46. The van der Waals surface area contributed by atoms with Gasteiger partial charge in [-0.05, 0) is 57.0 Å². The lowest BCUT2D eigenvalue weighted by Crippen LogP contribution is -2.07. The number of hydrogen-bond acceptors (Lipinski definition) is 4. The van der Waals surface area contributed by atoms with E-state index in [1.54, 1.807) is 11.9 Å². The number of carbonyl (C=O) groups is 1. The number of fused-ring (bicyclic) bond motifs is 3. The third-order valence-corrected chi connectivity index (χ3v) is 5.67. The van der Waals surface area contributed by atoms with Crippen LogP contribution < -0.4 is 4.31 Å². The van der Waals surface area contributed by atoms with Gasteiger partial charge in [0, 0.05) is 39.8 Å². The normalized spacial score (nSPS) is 14.5. The average Bonchev–Trinajstić information content (AvgIpc) is 3.24. The highest BCUT2D eigenvalue weighted by atomic mass is 32.2. The molecule has 134 valence electrons. The van der Waals surface area contributed by atoms with Crippen molar-refractivity contribution in [1.82, 2.24) is 4.57 Å². The fraction of sp³-hybridized carbons (Fsp3) is 0.286. The van der Waals surface area contributed by atoms with Crippen molar-refractivity contribution >= 4 is 45.4 Å². The van der Waals surface area contributed by atoms with Gasteiger partial charge in [0.05, 0.1) is 17.9 Å². The first-order valence-corrected chi connectivity index (χ1v) is 9.87. The molecule has 4 nitrogen and oxygen atoms in total. The van der Waals surface area contributed by atoms with Crippen molar-refractivity contribution in [2.45, 2.75) is 26.8 Å². The van der Waals surface area contributed by atoms with Gasteiger partial charge in [-0.15, -0.1) is 0 Å². The zero-order chi connectivity index (χ0) is 18.3. The number of carbonyl (C=O) groups excluding carboxylic acids is 1. The third kappa shape index (κ3) is 2.76. The van der Waals surface area contributed by atoms with Crippen LogP contribution in [-0.2, 0) is 9.53 Å². The van der Waals surface area contributed by atoms with Gasteiger partial charge in [0.25, 0.3) is 0 Å². The van der Waals surface area contributed by atoms with E-state index in [-0.39, 0.29) is 5.97 Å². The van der Waals surface area contributed by atoms with E-state index in [1.807, 2.05) is 13.1 Å². The van der Waals surface area contributed by atoms with E-state index >= 15 is 0 Å². The van der Waals surface area contributed by atoms with Gasteiger partial charge >= 0.3 is 5.97 Å². The van der Waals surface area contributed by atoms with Crippen LogP contribution in [0, 0.1) is 0 Å². The lowest BCUT2D eigenvalue weighted by atomic mass is 10.1. The molecular weight excluding hydrogens is 344 g/mol. The lowest BCUT2D eigenvalue weighted by molar-refractivity contribution is -0.138. The maximum atomic E-state index is 12.0. The second-order valence-corrected chi connectivity index (χ2v) is 7.60. The number of anilines is 1. The van der Waals surface area contributed by atoms with Gasteiger partial charge < -0.3 is 9.30 Å². The van der Waals surface area contributed by atoms with E-state index in [9.17, 15) is 4.79 Å². The Morgan fingerprint density at radius 1 is 1.15 bits per heavy atom. The Labute approximate surface area is 157 Å². The van der Waals surface area contributed by atoms with Gasteiger partial charge in [0.1, 0.15) is 0 Å². The standard InChI is InChI=1S/C21H22N2O2S/c1-4-25-21(24)15-12-22(26-13-15)16-9-10-20-18(11-16)17-7-5-6-8-19(17)23(20)14(2)3/h5-12,14H,4,13H2,1-3H3. The molecule has 0 aliphatic carbocycles. The van der Waals surface area contributed by atoms with Crippen molar-refractivity contribution in [2.24, 2.45) is 0 Å². The Morgan fingerprint density at radius 3 is 2.69 bits per heavy atom. The summed E-state index contributed by atoms with van der Waals surface area (Å²) in [6, 6.07) is 15.4. The van der Waals surface area contributed by atoms with Crippen LogP contribution in [0.1, 0.15) is 26.8 Å². The maximum Gasteiger partial charge on any atom is 0.336 e. The first-order chi connectivity index (χ1) is 12.6. The van der Waals surface area contributed by atoms with Gasteiger partial charge in [-0.25, -0.2) is 4.79 Å². The van der Waals surface area contributed by atoms with Crippen LogP contribution in [0.15, 0.2) is 54.2 Å². The molecule has 0 saturated carbocycles. The topological polar surface area (TPSA) is 34.5 Å². The summed E-state index contributed by atoms with van der Waals surface area (Å²) in [6.07, 6.45) is 1.89. The van der Waals surface area contributed by atoms with Crippen LogP contribution in [0.4, 0.5) is 5.69 Å². The first kappa shape index (κ1) is 17.0. The van der Waals surface area contributed by atoms with Crippen LogP contribution >= 0.6 is 11.9 Å². The Bertz CT molecular complexity index is 1020. The Hall–Kier alpha value is -2.40. The molecule has 3 aromatic rings. The number of hydrogen-bond donors (Lipinski definition) is 0. The number of benzene rings is 2. The van der Waals surface area contributed by atoms with E-state index in [0.717, 1.165) is 5.69 Å². The second-order valence-electron chi connectivity index (χ2n) is 6.66. The molecule has 5 heteroatoms. The minimum absolute atomic E-state index is 0.222. The molecule has 0 spiro atoms. The highest BCUT2D eigenvalue weighted by Crippen LogP contribution is 2.37. The van der Waals surface area contributed by atoms with Crippen molar-refractivity contribution in [3.8, 4) is 0 Å². The fourth-order valence-electron chi connectivity index (χ4n) is 3.52. The van der Waals surface area contributed by atoms with Crippen molar-refractivity contribution in [3.63, 3.8) is 0 Å². The molecule has 0 atom stereocenters. The zero-order valence-corrected chi connectivity index (χ0v) is 16.0. The quantitative estimate of drug-likeness (QED) is 0.464. The number of esters is 1. The number of nitrogens with zero attached hydrogens (tertiary/aromatic N) is 2. The molecule has 1 aromatic heterocycles. The molecule has 0 amide bonds. The Balaban J connectivity index is 1.80. The average molecular weight is 366 g/mol. The molecule has 4 rings (SSSR count). The maximum absolute atomic E-state index is 12.0. The van der Waals surface area contributed by atoms with E-state index in [1.165, 1.54) is 21.8 Å². The molecule has 1 aliphatic heterocycles. The summed E-state index contributed by atoms with van der Waals surface area (Å²) in [5.74, 6) is 0.421. The van der Waals surface area contributed by atoms with Gasteiger partial charge in [0.15, 0.2) is 0 Å². The SMILES string of the molecule is CCOC(=O)C1=CN(c2ccc3c(c2)c2ccccc2n3C(C)C)SC1. The number of aromatic nitrogens is 1. The summed E-state index contributed by atoms with van der Waals surface area (Å²) >= 11 is 1.62. The molecule has 0 unspecified atom stereocenters. The first-order valence-electron chi connectivity index (χ1n) is 8.92. The molecular formula is C21H22N2O2S. The predicted octanol–water partition coefficient (Wildman–Crippen LogP) is 5.29. The third-order valence-electron chi connectivity index (χ3n) is 4.63. The summed E-state index contributed by atoms with van der Waals surface area (Å²) in [5.41, 5.74) is 4.28. The molecule has 0 N–H and O–H groups in total. The number of ether oxygens (including phenoxy) is 1. The van der Waals surface area contributed by atoms with E-state index in [0.29, 0.717) is 24.0 Å². The molecule has 0 radical (unpaired) electrons. The number of rotatable bonds is 4. The monoisotopic (exact) mass is 366 g/mol. The Morgan fingerprint density at radius 2 is 1.92 bits per heavy atom. The van der Waals surface area contributed by atoms with Crippen LogP contribution in [0.2, 0.25) is 0 Å². The van der Waals surface area contributed by atoms with Crippen LogP contribution in [0.5, 0.6) is 0 Å². The minimum Gasteiger partial charge on any atom is -0.463 e. The molecule has 2 heterocycles. The van der Waals surface area contributed by atoms with Crippen molar-refractivity contribution < 1.29 is 9.53 Å². The second kappa shape index (κ2) is 6.72. The summed E-state index contributed by atoms with van der Waals surface area (Å²) in [5, 5.41) is 2.50. The predicted molar refractivity (Wildman–Crippen MR) is 109 cm³/mol. The highest BCUT2D eigenvalue weighted by molar-refractivity contribution is 8.01. The Kier molecular flexibility index (Phi) is 4.41. The van der Waals surface area contributed by atoms with Crippen LogP contribution in [0.25, 0.3) is 21.8 Å². The van der Waals surface area contributed by atoms with E-state index < -0.39 is 0 Å². The molecule has 0 fully saturated rings. The van der Waals surface area contributed by atoms with Gasteiger partial charge in [-0.2, -0.15) is 0 Å².